The van der Waals surface area contributed by atoms with Crippen molar-refractivity contribution in [2.75, 3.05) is 13.7 Å². The van der Waals surface area contributed by atoms with Gasteiger partial charge in [0.25, 0.3) is 5.91 Å². The summed E-state index contributed by atoms with van der Waals surface area (Å²) in [5, 5.41) is 12.8. The third-order valence-corrected chi connectivity index (χ3v) is 3.80. The van der Waals surface area contributed by atoms with E-state index in [1.807, 2.05) is 18.2 Å². The fraction of sp³-hybridized carbons (Fsp3) is 0.333. The second-order valence-corrected chi connectivity index (χ2v) is 5.48. The minimum absolute atomic E-state index is 0.196. The summed E-state index contributed by atoms with van der Waals surface area (Å²) < 4.78 is 5.19. The van der Waals surface area contributed by atoms with Crippen LogP contribution in [0.15, 0.2) is 42.7 Å². The fourth-order valence-corrected chi connectivity index (χ4v) is 2.40. The molecule has 0 fully saturated rings. The van der Waals surface area contributed by atoms with E-state index in [4.69, 9.17) is 10.5 Å². The van der Waals surface area contributed by atoms with E-state index in [2.05, 4.69) is 10.3 Å². The van der Waals surface area contributed by atoms with Crippen LogP contribution in [0.2, 0.25) is 0 Å². The molecule has 4 N–H and O–H groups in total. The van der Waals surface area contributed by atoms with Gasteiger partial charge < -0.3 is 20.9 Å². The maximum absolute atomic E-state index is 11.9. The number of ether oxygens (including phenoxy) is 1. The summed E-state index contributed by atoms with van der Waals surface area (Å²) in [6, 6.07) is 9.13. The van der Waals surface area contributed by atoms with Gasteiger partial charge in [0, 0.05) is 25.5 Å². The van der Waals surface area contributed by atoms with Crippen molar-refractivity contribution in [1.82, 2.24) is 10.3 Å². The summed E-state index contributed by atoms with van der Waals surface area (Å²) in [6.45, 7) is 0.613. The molecule has 1 aromatic heterocycles. The lowest BCUT2D eigenvalue weighted by atomic mass is 10.0. The molecule has 0 aliphatic heterocycles. The van der Waals surface area contributed by atoms with Crippen molar-refractivity contribution < 1.29 is 14.6 Å². The standard InChI is InChI=1S/C18H23N3O3/c1-24-17-7-5-13(15(9-17)10-19)4-6-16(22)12-21-18(23)14-3-2-8-20-11-14/h2-3,5,7-9,11,16,22H,4,6,10,12,19H2,1H3,(H,21,23)/t16-/m0/s1. The molecule has 0 saturated carbocycles. The number of aliphatic hydroxyl groups excluding tert-OH is 1. The minimum atomic E-state index is -0.627. The molecule has 1 aromatic carbocycles. The number of hydrogen-bond donors (Lipinski definition) is 3. The lowest BCUT2D eigenvalue weighted by Crippen LogP contribution is -2.32. The van der Waals surface area contributed by atoms with Crippen molar-refractivity contribution in [3.05, 3.63) is 59.4 Å². The van der Waals surface area contributed by atoms with E-state index >= 15 is 0 Å². The predicted molar refractivity (Wildman–Crippen MR) is 91.8 cm³/mol. The highest BCUT2D eigenvalue weighted by molar-refractivity contribution is 5.93. The molecule has 128 valence electrons. The first-order chi connectivity index (χ1) is 11.6. The molecular formula is C18H23N3O3. The van der Waals surface area contributed by atoms with Gasteiger partial charge in [0.2, 0.25) is 0 Å². The van der Waals surface area contributed by atoms with Gasteiger partial charge in [-0.2, -0.15) is 0 Å². The maximum atomic E-state index is 11.9. The Morgan fingerprint density at radius 3 is 2.88 bits per heavy atom. The summed E-state index contributed by atoms with van der Waals surface area (Å²) in [6.07, 6.45) is 3.69. The number of hydrogen-bond acceptors (Lipinski definition) is 5. The monoisotopic (exact) mass is 329 g/mol. The van der Waals surface area contributed by atoms with Gasteiger partial charge in [-0.1, -0.05) is 6.07 Å². The molecule has 6 heteroatoms. The highest BCUT2D eigenvalue weighted by Gasteiger charge is 2.11. The largest absolute Gasteiger partial charge is 0.497 e. The van der Waals surface area contributed by atoms with Crippen molar-refractivity contribution >= 4 is 5.91 Å². The minimum Gasteiger partial charge on any atom is -0.497 e. The van der Waals surface area contributed by atoms with E-state index in [0.29, 0.717) is 24.9 Å². The molecule has 1 atom stereocenters. The van der Waals surface area contributed by atoms with Gasteiger partial charge in [-0.05, 0) is 48.2 Å². The molecule has 1 amide bonds. The molecule has 0 bridgehead atoms. The smallest absolute Gasteiger partial charge is 0.252 e. The summed E-state index contributed by atoms with van der Waals surface area (Å²) in [5.41, 5.74) is 8.32. The topological polar surface area (TPSA) is 97.5 Å². The molecule has 2 aromatic rings. The number of nitrogens with two attached hydrogens (primary N) is 1. The average Bonchev–Trinajstić information content (AvgIpc) is 2.64. The van der Waals surface area contributed by atoms with Gasteiger partial charge in [-0.3, -0.25) is 9.78 Å². The third-order valence-electron chi connectivity index (χ3n) is 3.80. The Morgan fingerprint density at radius 1 is 1.38 bits per heavy atom. The number of nitrogens with one attached hydrogen (secondary N) is 1. The van der Waals surface area contributed by atoms with Gasteiger partial charge in [-0.25, -0.2) is 0 Å². The van der Waals surface area contributed by atoms with Gasteiger partial charge in [0.1, 0.15) is 5.75 Å². The number of aliphatic hydroxyl groups is 1. The fourth-order valence-electron chi connectivity index (χ4n) is 2.40. The zero-order valence-corrected chi connectivity index (χ0v) is 13.7. The van der Waals surface area contributed by atoms with E-state index in [1.54, 1.807) is 25.4 Å². The molecule has 0 radical (unpaired) electrons. The summed E-state index contributed by atoms with van der Waals surface area (Å²) in [7, 11) is 1.62. The van der Waals surface area contributed by atoms with Crippen LogP contribution in [0.1, 0.15) is 27.9 Å². The molecule has 6 nitrogen and oxygen atoms in total. The van der Waals surface area contributed by atoms with E-state index < -0.39 is 6.10 Å². The second-order valence-electron chi connectivity index (χ2n) is 5.48. The van der Waals surface area contributed by atoms with Crippen molar-refractivity contribution in [2.45, 2.75) is 25.5 Å². The Kier molecular flexibility index (Phi) is 6.72. The Hall–Kier alpha value is -2.44. The van der Waals surface area contributed by atoms with Crippen LogP contribution in [-0.2, 0) is 13.0 Å². The number of carbonyl (C=O) groups is 1. The number of rotatable bonds is 8. The van der Waals surface area contributed by atoms with E-state index in [-0.39, 0.29) is 12.5 Å². The van der Waals surface area contributed by atoms with Crippen LogP contribution in [0.3, 0.4) is 0 Å². The van der Waals surface area contributed by atoms with E-state index in [9.17, 15) is 9.90 Å². The van der Waals surface area contributed by atoms with E-state index in [0.717, 1.165) is 16.9 Å². The zero-order chi connectivity index (χ0) is 17.4. The molecule has 1 heterocycles. The van der Waals surface area contributed by atoms with E-state index in [1.165, 1.54) is 6.20 Å². The van der Waals surface area contributed by atoms with Crippen LogP contribution in [0.25, 0.3) is 0 Å². The van der Waals surface area contributed by atoms with Gasteiger partial charge >= 0.3 is 0 Å². The second kappa shape index (κ2) is 9.00. The Labute approximate surface area is 141 Å². The van der Waals surface area contributed by atoms with Crippen molar-refractivity contribution in [2.24, 2.45) is 5.73 Å². The first-order valence-electron chi connectivity index (χ1n) is 7.86. The van der Waals surface area contributed by atoms with Crippen LogP contribution in [-0.4, -0.2) is 35.8 Å². The van der Waals surface area contributed by atoms with Crippen molar-refractivity contribution in [3.63, 3.8) is 0 Å². The van der Waals surface area contributed by atoms with Crippen LogP contribution < -0.4 is 15.8 Å². The first-order valence-corrected chi connectivity index (χ1v) is 7.86. The number of aryl methyl sites for hydroxylation is 1. The van der Waals surface area contributed by atoms with Crippen molar-refractivity contribution in [3.8, 4) is 5.75 Å². The number of benzene rings is 1. The number of pyridine rings is 1. The summed E-state index contributed by atoms with van der Waals surface area (Å²) >= 11 is 0. The SMILES string of the molecule is COc1ccc(CC[C@H](O)CNC(=O)c2cccnc2)c(CN)c1. The van der Waals surface area contributed by atoms with Crippen LogP contribution >= 0.6 is 0 Å². The van der Waals surface area contributed by atoms with Gasteiger partial charge in [0.05, 0.1) is 18.8 Å². The molecule has 2 rings (SSSR count). The number of amides is 1. The lowest BCUT2D eigenvalue weighted by molar-refractivity contribution is 0.0910. The van der Waals surface area contributed by atoms with Crippen LogP contribution in [0, 0.1) is 0 Å². The molecule has 0 aliphatic carbocycles. The molecule has 0 aliphatic rings. The molecule has 24 heavy (non-hydrogen) atoms. The normalized spacial score (nSPS) is 11.8. The molecule has 0 saturated heterocycles. The Morgan fingerprint density at radius 2 is 2.21 bits per heavy atom. The van der Waals surface area contributed by atoms with Crippen molar-refractivity contribution in [1.29, 1.82) is 0 Å². The quantitative estimate of drug-likeness (QED) is 0.678. The van der Waals surface area contributed by atoms with Gasteiger partial charge in [-0.15, -0.1) is 0 Å². The molecular weight excluding hydrogens is 306 g/mol. The highest BCUT2D eigenvalue weighted by atomic mass is 16.5. The third kappa shape index (κ3) is 5.04. The Bertz CT molecular complexity index is 662. The summed E-state index contributed by atoms with van der Waals surface area (Å²) in [4.78, 5) is 15.8. The number of methoxy groups -OCH3 is 1. The Balaban J connectivity index is 1.83. The zero-order valence-electron chi connectivity index (χ0n) is 13.7. The maximum Gasteiger partial charge on any atom is 0.252 e. The first kappa shape index (κ1) is 17.9. The number of aromatic nitrogens is 1. The number of carbonyl (C=O) groups excluding carboxylic acids is 1. The lowest BCUT2D eigenvalue weighted by Gasteiger charge is -2.14. The van der Waals surface area contributed by atoms with Crippen LogP contribution in [0.4, 0.5) is 0 Å². The molecule has 0 unspecified atom stereocenters. The highest BCUT2D eigenvalue weighted by Crippen LogP contribution is 2.19. The van der Waals surface area contributed by atoms with Gasteiger partial charge in [0.15, 0.2) is 0 Å². The molecule has 0 spiro atoms. The summed E-state index contributed by atoms with van der Waals surface area (Å²) in [5.74, 6) is 0.526. The average molecular weight is 329 g/mol. The predicted octanol–water partition coefficient (Wildman–Crippen LogP) is 1.27. The van der Waals surface area contributed by atoms with Crippen LogP contribution in [0.5, 0.6) is 5.75 Å². The number of nitrogens with zero attached hydrogens (tertiary/aromatic N) is 1.